The molecule has 0 radical (unpaired) electrons. The van der Waals surface area contributed by atoms with Gasteiger partial charge in [-0.15, -0.1) is 0 Å². The van der Waals surface area contributed by atoms with Crippen molar-refractivity contribution in [3.8, 4) is 53.8 Å². The van der Waals surface area contributed by atoms with Gasteiger partial charge in [-0.3, -0.25) is 9.97 Å². The Balaban J connectivity index is 1.63. The van der Waals surface area contributed by atoms with Crippen molar-refractivity contribution in [3.05, 3.63) is 79.1 Å². The second kappa shape index (κ2) is 8.90. The van der Waals surface area contributed by atoms with Gasteiger partial charge in [-0.2, -0.15) is 0 Å². The van der Waals surface area contributed by atoms with Crippen LogP contribution in [0.4, 0.5) is 0 Å². The molecule has 5 aromatic heterocycles. The lowest BCUT2D eigenvalue weighted by Crippen LogP contribution is -1.93. The van der Waals surface area contributed by atoms with Crippen LogP contribution in [-0.4, -0.2) is 29.2 Å². The summed E-state index contributed by atoms with van der Waals surface area (Å²) in [5.74, 6) is 0. The van der Waals surface area contributed by atoms with E-state index in [-0.39, 0.29) is 0 Å². The molecule has 0 aliphatic heterocycles. The number of ether oxygens (including phenoxy) is 2. The van der Waals surface area contributed by atoms with Crippen LogP contribution in [0.1, 0.15) is 0 Å². The topological polar surface area (TPSA) is 57.1 Å². The fraction of sp³-hybridized carbons (Fsp3) is 0.0800. The van der Waals surface area contributed by atoms with Crippen molar-refractivity contribution >= 4 is 22.7 Å². The van der Waals surface area contributed by atoms with Crippen LogP contribution in [-0.2, 0) is 0 Å². The number of methoxy groups -OCH3 is 2. The largest absolute Gasteiger partial charge is 0.487 e. The highest BCUT2D eigenvalue weighted by atomic mass is 32.1. The predicted octanol–water partition coefficient (Wildman–Crippen LogP) is 6.68. The summed E-state index contributed by atoms with van der Waals surface area (Å²) >= 11 is 3.20. The Morgan fingerprint density at radius 3 is 1.84 bits per heavy atom. The van der Waals surface area contributed by atoms with E-state index in [2.05, 4.69) is 40.3 Å². The molecule has 158 valence electrons. The molecule has 0 aliphatic rings. The van der Waals surface area contributed by atoms with E-state index in [1.54, 1.807) is 43.1 Å². The molecule has 0 saturated heterocycles. The Morgan fingerprint density at radius 2 is 1.22 bits per heavy atom. The van der Waals surface area contributed by atoms with Crippen LogP contribution in [0, 0.1) is 0 Å². The third-order valence-corrected chi connectivity index (χ3v) is 7.10. The van der Waals surface area contributed by atoms with Gasteiger partial charge in [0.25, 0.3) is 0 Å². The molecule has 0 aliphatic carbocycles. The first kappa shape index (κ1) is 20.4. The zero-order chi connectivity index (χ0) is 21.9. The maximum atomic E-state index is 5.39. The van der Waals surface area contributed by atoms with Crippen LogP contribution in [0.2, 0.25) is 0 Å². The van der Waals surface area contributed by atoms with E-state index in [1.165, 1.54) is 0 Å². The normalized spacial score (nSPS) is 10.8. The molecule has 0 unspecified atom stereocenters. The number of nitrogens with zero attached hydrogens (tertiary/aromatic N) is 3. The fourth-order valence-electron chi connectivity index (χ4n) is 3.34. The van der Waals surface area contributed by atoms with E-state index in [1.807, 2.05) is 42.6 Å². The van der Waals surface area contributed by atoms with Crippen molar-refractivity contribution in [1.29, 1.82) is 0 Å². The van der Waals surface area contributed by atoms with Gasteiger partial charge >= 0.3 is 0 Å². The zero-order valence-corrected chi connectivity index (χ0v) is 19.1. The Kier molecular flexibility index (Phi) is 5.66. The fourth-order valence-corrected chi connectivity index (χ4v) is 4.97. The summed E-state index contributed by atoms with van der Waals surface area (Å²) in [5.41, 5.74) is 5.34. The Hall–Kier alpha value is -3.55. The van der Waals surface area contributed by atoms with E-state index in [0.717, 1.165) is 53.8 Å². The van der Waals surface area contributed by atoms with E-state index in [0.29, 0.717) is 0 Å². The Morgan fingerprint density at radius 1 is 0.594 bits per heavy atom. The molecule has 32 heavy (non-hydrogen) atoms. The summed E-state index contributed by atoms with van der Waals surface area (Å²) in [4.78, 5) is 16.3. The Labute approximate surface area is 194 Å². The van der Waals surface area contributed by atoms with Crippen molar-refractivity contribution in [2.24, 2.45) is 0 Å². The highest BCUT2D eigenvalue weighted by molar-refractivity contribution is 7.17. The third-order valence-electron chi connectivity index (χ3n) is 4.91. The third kappa shape index (κ3) is 4.12. The number of hydrogen-bond donors (Lipinski definition) is 0. The minimum Gasteiger partial charge on any atom is -0.487 e. The summed E-state index contributed by atoms with van der Waals surface area (Å²) in [6, 6.07) is 22.1. The summed E-state index contributed by atoms with van der Waals surface area (Å²) in [6.07, 6.45) is 3.60. The van der Waals surface area contributed by atoms with Gasteiger partial charge < -0.3 is 9.47 Å². The monoisotopic (exact) mass is 457 g/mol. The van der Waals surface area contributed by atoms with Gasteiger partial charge in [0.15, 0.2) is 10.1 Å². The maximum absolute atomic E-state index is 5.39. The van der Waals surface area contributed by atoms with E-state index in [4.69, 9.17) is 14.5 Å². The van der Waals surface area contributed by atoms with Crippen molar-refractivity contribution in [2.75, 3.05) is 14.2 Å². The second-order valence-corrected chi connectivity index (χ2v) is 9.01. The minimum absolute atomic E-state index is 0.792. The highest BCUT2D eigenvalue weighted by Crippen LogP contribution is 2.37. The zero-order valence-electron chi connectivity index (χ0n) is 17.5. The second-order valence-electron chi connectivity index (χ2n) is 6.92. The number of rotatable bonds is 6. The van der Waals surface area contributed by atoms with Crippen molar-refractivity contribution < 1.29 is 9.47 Å². The van der Waals surface area contributed by atoms with Crippen molar-refractivity contribution in [3.63, 3.8) is 0 Å². The van der Waals surface area contributed by atoms with Crippen LogP contribution in [0.3, 0.4) is 0 Å². The molecule has 5 heterocycles. The van der Waals surface area contributed by atoms with Crippen LogP contribution in [0.5, 0.6) is 10.1 Å². The molecule has 0 N–H and O–H groups in total. The summed E-state index contributed by atoms with van der Waals surface area (Å²) in [7, 11) is 3.36. The smallest absolute Gasteiger partial charge is 0.173 e. The predicted molar refractivity (Wildman–Crippen MR) is 130 cm³/mol. The van der Waals surface area contributed by atoms with Crippen LogP contribution >= 0.6 is 22.7 Å². The lowest BCUT2D eigenvalue weighted by Gasteiger charge is -2.09. The van der Waals surface area contributed by atoms with Gasteiger partial charge in [0.05, 0.1) is 37.0 Å². The number of pyridine rings is 3. The molecule has 0 fully saturated rings. The molecular weight excluding hydrogens is 438 g/mol. The average molecular weight is 458 g/mol. The van der Waals surface area contributed by atoms with E-state index < -0.39 is 0 Å². The van der Waals surface area contributed by atoms with Crippen LogP contribution in [0.25, 0.3) is 43.7 Å². The first-order valence-corrected chi connectivity index (χ1v) is 11.5. The molecule has 5 aromatic rings. The molecule has 5 rings (SSSR count). The van der Waals surface area contributed by atoms with Gasteiger partial charge in [-0.05, 0) is 71.8 Å². The molecule has 0 atom stereocenters. The van der Waals surface area contributed by atoms with Crippen LogP contribution in [0.15, 0.2) is 79.1 Å². The molecular formula is C25H19N3O2S2. The van der Waals surface area contributed by atoms with Crippen molar-refractivity contribution in [1.82, 2.24) is 15.0 Å². The first-order valence-electron chi connectivity index (χ1n) is 9.92. The van der Waals surface area contributed by atoms with Gasteiger partial charge in [0.2, 0.25) is 0 Å². The summed E-state index contributed by atoms with van der Waals surface area (Å²) in [5, 5.41) is 1.74. The Bertz CT molecular complexity index is 1360. The molecule has 0 bridgehead atoms. The summed E-state index contributed by atoms with van der Waals surface area (Å²) in [6.45, 7) is 0. The molecule has 0 aromatic carbocycles. The van der Waals surface area contributed by atoms with E-state index in [9.17, 15) is 0 Å². The highest BCUT2D eigenvalue weighted by Gasteiger charge is 2.13. The lowest BCUT2D eigenvalue weighted by atomic mass is 10.1. The number of hydrogen-bond acceptors (Lipinski definition) is 7. The molecule has 7 heteroatoms. The molecule has 0 spiro atoms. The quantitative estimate of drug-likeness (QED) is 0.285. The first-order chi connectivity index (χ1) is 15.7. The average Bonchev–Trinajstić information content (AvgIpc) is 3.54. The van der Waals surface area contributed by atoms with Crippen LogP contribution < -0.4 is 9.47 Å². The number of aromatic nitrogens is 3. The molecule has 0 amide bonds. The lowest BCUT2D eigenvalue weighted by molar-refractivity contribution is 0.427. The van der Waals surface area contributed by atoms with Gasteiger partial charge in [0.1, 0.15) is 0 Å². The standard InChI is InChI=1S/C25H19N3O2S2/c1-29-24-8-6-22(31-24)16-10-12-27-19(13-16)21-15-17(23-7-9-25(30-2)32-23)14-20(28-21)18-5-3-4-11-26-18/h3-15H,1-2H3. The molecule has 5 nitrogen and oxygen atoms in total. The maximum Gasteiger partial charge on any atom is 0.173 e. The SMILES string of the molecule is COc1ccc(-c2ccnc(-c3cc(-c4ccc(OC)s4)cc(-c4ccccn4)n3)c2)s1. The molecule has 0 saturated carbocycles. The van der Waals surface area contributed by atoms with Gasteiger partial charge in [-0.1, -0.05) is 28.7 Å². The van der Waals surface area contributed by atoms with Gasteiger partial charge in [0, 0.05) is 22.1 Å². The number of thiophene rings is 2. The summed E-state index contributed by atoms with van der Waals surface area (Å²) < 4.78 is 10.7. The van der Waals surface area contributed by atoms with E-state index >= 15 is 0 Å². The minimum atomic E-state index is 0.792. The van der Waals surface area contributed by atoms with Crippen molar-refractivity contribution in [2.45, 2.75) is 0 Å². The van der Waals surface area contributed by atoms with Gasteiger partial charge in [-0.25, -0.2) is 4.98 Å².